The average Bonchev–Trinajstić information content (AvgIpc) is 3.42. The average molecular weight is 433 g/mol. The van der Waals surface area contributed by atoms with Crippen LogP contribution in [-0.4, -0.2) is 43.2 Å². The molecule has 1 heterocycles. The zero-order valence-electron chi connectivity index (χ0n) is 19.4. The van der Waals surface area contributed by atoms with Gasteiger partial charge in [-0.15, -0.1) is 0 Å². The molecule has 1 atom stereocenters. The number of methoxy groups -OCH3 is 2. The van der Waals surface area contributed by atoms with Crippen LogP contribution in [0.1, 0.15) is 48.6 Å². The fourth-order valence-corrected chi connectivity index (χ4v) is 4.84. The number of allylic oxidation sites excluding steroid dienone is 1. The predicted molar refractivity (Wildman–Crippen MR) is 129 cm³/mol. The predicted octanol–water partition coefficient (Wildman–Crippen LogP) is 5.30. The van der Waals surface area contributed by atoms with Crippen LogP contribution in [0.2, 0.25) is 0 Å². The van der Waals surface area contributed by atoms with Crippen molar-refractivity contribution in [1.82, 2.24) is 9.88 Å². The quantitative estimate of drug-likeness (QED) is 0.387. The van der Waals surface area contributed by atoms with Gasteiger partial charge in [-0.1, -0.05) is 25.1 Å². The highest BCUT2D eigenvalue weighted by Gasteiger charge is 2.27. The standard InChI is InChI=1S/C27H32N2O3/c1-5-29(13-12-21-17-28-25-16-22(31-3)8-10-23(21)25)26-11-7-20-15-19(6-9-24(20)26)18(2)14-27(30)32-4/h6,8-10,14-17,26,28H,5,7,11-13H2,1-4H3. The summed E-state index contributed by atoms with van der Waals surface area (Å²) in [6.07, 6.45) is 6.90. The number of nitrogens with zero attached hydrogens (tertiary/aromatic N) is 1. The first-order chi connectivity index (χ1) is 15.5. The molecule has 1 N–H and O–H groups in total. The number of hydrogen-bond donors (Lipinski definition) is 1. The molecule has 1 aliphatic carbocycles. The van der Waals surface area contributed by atoms with Gasteiger partial charge in [0.15, 0.2) is 0 Å². The van der Waals surface area contributed by atoms with Crippen molar-refractivity contribution in [3.63, 3.8) is 0 Å². The fourth-order valence-electron chi connectivity index (χ4n) is 4.84. The second kappa shape index (κ2) is 9.61. The number of likely N-dealkylation sites (N-methyl/N-ethyl adjacent to an activating group) is 1. The van der Waals surface area contributed by atoms with E-state index in [1.165, 1.54) is 29.2 Å². The molecule has 4 rings (SSSR count). The van der Waals surface area contributed by atoms with E-state index < -0.39 is 0 Å². The summed E-state index contributed by atoms with van der Waals surface area (Å²) in [5.74, 6) is 0.563. The largest absolute Gasteiger partial charge is 0.497 e. The summed E-state index contributed by atoms with van der Waals surface area (Å²) in [4.78, 5) is 17.6. The van der Waals surface area contributed by atoms with Gasteiger partial charge in [-0.3, -0.25) is 4.90 Å². The molecule has 0 saturated heterocycles. The molecule has 0 amide bonds. The van der Waals surface area contributed by atoms with Gasteiger partial charge >= 0.3 is 5.97 Å². The Morgan fingerprint density at radius 3 is 2.81 bits per heavy atom. The highest BCUT2D eigenvalue weighted by Crippen LogP contribution is 2.37. The molecular formula is C27H32N2O3. The van der Waals surface area contributed by atoms with E-state index in [1.54, 1.807) is 13.2 Å². The Balaban J connectivity index is 1.48. The Morgan fingerprint density at radius 2 is 2.06 bits per heavy atom. The number of rotatable bonds is 8. The zero-order chi connectivity index (χ0) is 22.7. The summed E-state index contributed by atoms with van der Waals surface area (Å²) < 4.78 is 10.1. The summed E-state index contributed by atoms with van der Waals surface area (Å²) in [5, 5.41) is 1.27. The maximum Gasteiger partial charge on any atom is 0.330 e. The number of aryl methyl sites for hydroxylation is 1. The van der Waals surface area contributed by atoms with Crippen LogP contribution in [0.5, 0.6) is 5.75 Å². The molecular weight excluding hydrogens is 400 g/mol. The number of carbonyl (C=O) groups is 1. The minimum atomic E-state index is -0.311. The van der Waals surface area contributed by atoms with Gasteiger partial charge < -0.3 is 14.5 Å². The molecule has 1 aliphatic rings. The lowest BCUT2D eigenvalue weighted by Crippen LogP contribution is -2.29. The van der Waals surface area contributed by atoms with Crippen molar-refractivity contribution >= 4 is 22.4 Å². The first kappa shape index (κ1) is 22.2. The Kier molecular flexibility index (Phi) is 6.66. The topological polar surface area (TPSA) is 54.6 Å². The number of nitrogens with one attached hydrogen (secondary N) is 1. The summed E-state index contributed by atoms with van der Waals surface area (Å²) >= 11 is 0. The van der Waals surface area contributed by atoms with Gasteiger partial charge in [0.2, 0.25) is 0 Å². The first-order valence-corrected chi connectivity index (χ1v) is 11.3. The highest BCUT2D eigenvalue weighted by molar-refractivity contribution is 5.91. The number of aromatic amines is 1. The first-order valence-electron chi connectivity index (χ1n) is 11.3. The number of fused-ring (bicyclic) bond motifs is 2. The molecule has 0 radical (unpaired) electrons. The van der Waals surface area contributed by atoms with Crippen LogP contribution < -0.4 is 4.74 Å². The number of aromatic nitrogens is 1. The van der Waals surface area contributed by atoms with Crippen molar-refractivity contribution in [1.29, 1.82) is 0 Å². The number of ether oxygens (including phenoxy) is 2. The van der Waals surface area contributed by atoms with Crippen LogP contribution in [0.3, 0.4) is 0 Å². The van der Waals surface area contributed by atoms with Crippen molar-refractivity contribution in [2.24, 2.45) is 0 Å². The highest BCUT2D eigenvalue weighted by atomic mass is 16.5. The van der Waals surface area contributed by atoms with Gasteiger partial charge in [-0.25, -0.2) is 4.79 Å². The normalized spacial score (nSPS) is 15.9. The molecule has 5 nitrogen and oxygen atoms in total. The third-order valence-corrected chi connectivity index (χ3v) is 6.67. The molecule has 0 aliphatic heterocycles. The van der Waals surface area contributed by atoms with Gasteiger partial charge in [0.25, 0.3) is 0 Å². The van der Waals surface area contributed by atoms with Crippen LogP contribution in [0.4, 0.5) is 0 Å². The van der Waals surface area contributed by atoms with E-state index in [0.717, 1.165) is 54.8 Å². The lowest BCUT2D eigenvalue weighted by atomic mass is 9.99. The van der Waals surface area contributed by atoms with Gasteiger partial charge in [0.1, 0.15) is 5.75 Å². The van der Waals surface area contributed by atoms with Crippen molar-refractivity contribution < 1.29 is 14.3 Å². The smallest absolute Gasteiger partial charge is 0.330 e. The number of benzene rings is 2. The summed E-state index contributed by atoms with van der Waals surface area (Å²) in [6, 6.07) is 13.3. The Morgan fingerprint density at radius 1 is 1.22 bits per heavy atom. The molecule has 0 fully saturated rings. The van der Waals surface area contributed by atoms with Gasteiger partial charge in [0.05, 0.1) is 14.2 Å². The lowest BCUT2D eigenvalue weighted by molar-refractivity contribution is -0.134. The van der Waals surface area contributed by atoms with E-state index in [1.807, 2.05) is 13.0 Å². The summed E-state index contributed by atoms with van der Waals surface area (Å²) in [5.41, 5.74) is 7.31. The van der Waals surface area contributed by atoms with E-state index in [4.69, 9.17) is 9.47 Å². The fraction of sp³-hybridized carbons (Fsp3) is 0.370. The van der Waals surface area contributed by atoms with Crippen molar-refractivity contribution in [2.45, 2.75) is 39.2 Å². The van der Waals surface area contributed by atoms with Crippen LogP contribution in [0.15, 0.2) is 48.7 Å². The second-order valence-corrected chi connectivity index (χ2v) is 8.42. The maximum atomic E-state index is 11.6. The Hall–Kier alpha value is -3.05. The molecule has 3 aromatic rings. The number of carbonyl (C=O) groups excluding carboxylic acids is 1. The monoisotopic (exact) mass is 432 g/mol. The Bertz CT molecular complexity index is 1150. The van der Waals surface area contributed by atoms with E-state index in [-0.39, 0.29) is 5.97 Å². The second-order valence-electron chi connectivity index (χ2n) is 8.42. The van der Waals surface area contributed by atoms with E-state index in [0.29, 0.717) is 6.04 Å². The van der Waals surface area contributed by atoms with Crippen molar-refractivity contribution in [3.8, 4) is 5.75 Å². The van der Waals surface area contributed by atoms with Gasteiger partial charge in [-0.2, -0.15) is 0 Å². The van der Waals surface area contributed by atoms with Gasteiger partial charge in [0, 0.05) is 41.8 Å². The SMILES string of the molecule is CCN(CCc1c[nH]c2cc(OC)ccc12)C1CCc2cc(C(C)=CC(=O)OC)ccc21. The molecule has 0 bridgehead atoms. The molecule has 1 aromatic heterocycles. The number of hydrogen-bond acceptors (Lipinski definition) is 4. The summed E-state index contributed by atoms with van der Waals surface area (Å²) in [7, 11) is 3.11. The summed E-state index contributed by atoms with van der Waals surface area (Å²) in [6.45, 7) is 6.24. The number of H-pyrrole nitrogens is 1. The van der Waals surface area contributed by atoms with E-state index >= 15 is 0 Å². The van der Waals surface area contributed by atoms with Crippen LogP contribution >= 0.6 is 0 Å². The molecule has 5 heteroatoms. The molecule has 1 unspecified atom stereocenters. The molecule has 32 heavy (non-hydrogen) atoms. The van der Waals surface area contributed by atoms with Crippen molar-refractivity contribution in [3.05, 3.63) is 70.9 Å². The third kappa shape index (κ3) is 4.44. The lowest BCUT2D eigenvalue weighted by Gasteiger charge is -2.28. The van der Waals surface area contributed by atoms with Crippen LogP contribution in [-0.2, 0) is 22.4 Å². The minimum Gasteiger partial charge on any atom is -0.497 e. The maximum absolute atomic E-state index is 11.6. The minimum absolute atomic E-state index is 0.311. The van der Waals surface area contributed by atoms with E-state index in [2.05, 4.69) is 53.3 Å². The van der Waals surface area contributed by atoms with Crippen LogP contribution in [0.25, 0.3) is 16.5 Å². The Labute approximate surface area is 190 Å². The molecule has 0 saturated carbocycles. The van der Waals surface area contributed by atoms with Crippen LogP contribution in [0, 0.1) is 0 Å². The van der Waals surface area contributed by atoms with Crippen molar-refractivity contribution in [2.75, 3.05) is 27.3 Å². The number of esters is 1. The van der Waals surface area contributed by atoms with E-state index in [9.17, 15) is 4.79 Å². The molecule has 168 valence electrons. The zero-order valence-corrected chi connectivity index (χ0v) is 19.4. The van der Waals surface area contributed by atoms with Gasteiger partial charge in [-0.05, 0) is 72.7 Å². The third-order valence-electron chi connectivity index (χ3n) is 6.67. The molecule has 2 aromatic carbocycles. The molecule has 0 spiro atoms.